The number of aliphatic hydroxyl groups excluding tert-OH is 3. The number of carbonyl (C=O) groups excluding carboxylic acids is 1. The second kappa shape index (κ2) is 13.0. The Labute approximate surface area is 265 Å². The van der Waals surface area contributed by atoms with Gasteiger partial charge in [0, 0.05) is 6.42 Å². The number of amides is 1. The first kappa shape index (κ1) is 33.9. The molecule has 1 aromatic carbocycles. The van der Waals surface area contributed by atoms with Crippen molar-refractivity contribution in [2.24, 2.45) is 51.6 Å². The smallest absolute Gasteiger partial charge is 0.309 e. The molecule has 12 nitrogen and oxygen atoms in total. The fraction of sp³-hybridized carbons (Fsp3) is 0.781. The van der Waals surface area contributed by atoms with Gasteiger partial charge in [-0.2, -0.15) is 18.3 Å². The molecule has 13 heteroatoms. The molecule has 5 N–H and O–H groups in total. The van der Waals surface area contributed by atoms with Gasteiger partial charge in [-0.05, 0) is 115 Å². The molecule has 4 aliphatic carbocycles. The average Bonchev–Trinajstić information content (AvgIpc) is 3.35. The highest BCUT2D eigenvalue weighted by Crippen LogP contribution is 2.68. The van der Waals surface area contributed by atoms with Crippen molar-refractivity contribution in [1.29, 1.82) is 0 Å². The number of para-hydroxylation sites is 1. The van der Waals surface area contributed by atoms with Gasteiger partial charge in [0.2, 0.25) is 11.3 Å². The number of azide groups is 1. The first-order valence-electron chi connectivity index (χ1n) is 16.4. The number of carbonyl (C=O) groups is 1. The van der Waals surface area contributed by atoms with E-state index in [1.807, 2.05) is 0 Å². The summed E-state index contributed by atoms with van der Waals surface area (Å²) in [5.74, 6) is 0.602. The molecule has 250 valence electrons. The summed E-state index contributed by atoms with van der Waals surface area (Å²) >= 11 is 0. The standard InChI is InChI=1S/C32H49N5O7S/c1-19(9-12-28(41)34-18-29(45(42,43)44)37(36-35-33)21-7-5-4-6-8-21)23-10-11-24-30-25(17-27(40)32(23,24)3)31(2)14-13-22(38)15-20(31)16-26(30)39/h4-8,19-20,22-27,29-30,38-40H,9-18H2,1-3H3,(H,34,41)(H,42,43,44)/t19-,20?,22-,23-,24+,25+,26-,27+,29?,30+,31+,32-/m1/s1. The maximum Gasteiger partial charge on any atom is 0.309 e. The van der Waals surface area contributed by atoms with E-state index in [1.165, 1.54) is 12.1 Å². The van der Waals surface area contributed by atoms with E-state index in [4.69, 9.17) is 5.53 Å². The van der Waals surface area contributed by atoms with Gasteiger partial charge in [-0.25, -0.2) is 0 Å². The highest BCUT2D eigenvalue weighted by molar-refractivity contribution is 7.86. The van der Waals surface area contributed by atoms with Gasteiger partial charge in [0.05, 0.1) is 24.9 Å². The van der Waals surface area contributed by atoms with Crippen LogP contribution in [0.15, 0.2) is 35.6 Å². The summed E-state index contributed by atoms with van der Waals surface area (Å²) in [6, 6.07) is 8.01. The Kier molecular flexibility index (Phi) is 9.81. The molecule has 0 heterocycles. The predicted molar refractivity (Wildman–Crippen MR) is 169 cm³/mol. The largest absolute Gasteiger partial charge is 0.393 e. The summed E-state index contributed by atoms with van der Waals surface area (Å²) in [4.78, 5) is 15.6. The van der Waals surface area contributed by atoms with Gasteiger partial charge in [-0.15, -0.1) is 5.53 Å². The minimum Gasteiger partial charge on any atom is -0.393 e. The number of anilines is 1. The van der Waals surface area contributed by atoms with Crippen LogP contribution >= 0.6 is 0 Å². The number of hydrogen-bond acceptors (Lipinski definition) is 7. The third-order valence-corrected chi connectivity index (χ3v) is 13.6. The van der Waals surface area contributed by atoms with Gasteiger partial charge in [0.15, 0.2) is 0 Å². The molecule has 1 amide bonds. The summed E-state index contributed by atoms with van der Waals surface area (Å²) in [6.07, 6.45) is 4.92. The second-order valence-electron chi connectivity index (χ2n) is 14.7. The van der Waals surface area contributed by atoms with E-state index in [9.17, 15) is 33.1 Å². The average molecular weight is 648 g/mol. The molecule has 4 fully saturated rings. The number of nitrogens with one attached hydrogen (secondary N) is 1. The third kappa shape index (κ3) is 6.32. The minimum absolute atomic E-state index is 0.00176. The zero-order valence-electron chi connectivity index (χ0n) is 26.4. The van der Waals surface area contributed by atoms with E-state index in [0.717, 1.165) is 37.1 Å². The van der Waals surface area contributed by atoms with E-state index < -0.39 is 45.6 Å². The van der Waals surface area contributed by atoms with Gasteiger partial charge in [-0.3, -0.25) is 9.35 Å². The maximum absolute atomic E-state index is 13.0. The number of benzene rings is 1. The predicted octanol–water partition coefficient (Wildman–Crippen LogP) is 4.43. The molecule has 5 rings (SSSR count). The lowest BCUT2D eigenvalue weighted by Crippen LogP contribution is -2.62. The molecule has 12 atom stereocenters. The van der Waals surface area contributed by atoms with Crippen LogP contribution in [0.1, 0.15) is 78.6 Å². The molecule has 4 aliphatic rings. The van der Waals surface area contributed by atoms with Gasteiger partial charge in [-0.1, -0.05) is 39.0 Å². The molecule has 0 aromatic heterocycles. The van der Waals surface area contributed by atoms with Gasteiger partial charge < -0.3 is 20.6 Å². The van der Waals surface area contributed by atoms with Crippen molar-refractivity contribution in [1.82, 2.24) is 5.32 Å². The number of nitrogens with zero attached hydrogens (tertiary/aromatic N) is 4. The van der Waals surface area contributed by atoms with Crippen LogP contribution in [-0.4, -0.2) is 64.4 Å². The van der Waals surface area contributed by atoms with Crippen LogP contribution in [0.25, 0.3) is 10.4 Å². The van der Waals surface area contributed by atoms with Crippen molar-refractivity contribution >= 4 is 21.7 Å². The van der Waals surface area contributed by atoms with Crippen LogP contribution in [0, 0.1) is 46.3 Å². The number of fused-ring (bicyclic) bond motifs is 5. The Morgan fingerprint density at radius 3 is 2.49 bits per heavy atom. The van der Waals surface area contributed by atoms with E-state index in [-0.39, 0.29) is 59.1 Å². The van der Waals surface area contributed by atoms with E-state index in [2.05, 4.69) is 36.2 Å². The van der Waals surface area contributed by atoms with Crippen LogP contribution in [0.2, 0.25) is 0 Å². The Morgan fingerprint density at radius 1 is 1.11 bits per heavy atom. The van der Waals surface area contributed by atoms with E-state index in [1.54, 1.807) is 18.2 Å². The summed E-state index contributed by atoms with van der Waals surface area (Å²) in [6.45, 7) is 6.10. The van der Waals surface area contributed by atoms with Crippen LogP contribution < -0.4 is 10.3 Å². The lowest BCUT2D eigenvalue weighted by atomic mass is 9.43. The molecule has 0 bridgehead atoms. The normalized spacial score (nSPS) is 38.9. The quantitative estimate of drug-likeness (QED) is 0.0808. The zero-order chi connectivity index (χ0) is 32.7. The number of rotatable bonds is 10. The van der Waals surface area contributed by atoms with Gasteiger partial charge >= 0.3 is 10.1 Å². The SMILES string of the molecule is C[C@H](CCC(=O)NCC(N(N=[N+]=[N-])c1ccccc1)S(=O)(=O)O)[C@H]1CC[C@H]2[C@@H]3[C@H](O)CC4C[C@H](O)CC[C@]4(C)[C@H]3C[C@H](O)[C@]12C. The van der Waals surface area contributed by atoms with Crippen molar-refractivity contribution in [2.45, 2.75) is 102 Å². The molecule has 0 saturated heterocycles. The molecule has 2 unspecified atom stereocenters. The third-order valence-electron chi connectivity index (χ3n) is 12.6. The molecular formula is C32H49N5O7S. The van der Waals surface area contributed by atoms with Gasteiger partial charge in [0.1, 0.15) is 5.69 Å². The Hall–Kier alpha value is -2.41. The Morgan fingerprint density at radius 2 is 1.82 bits per heavy atom. The van der Waals surface area contributed by atoms with Crippen molar-refractivity contribution in [3.63, 3.8) is 0 Å². The second-order valence-corrected chi connectivity index (χ2v) is 16.2. The molecule has 0 spiro atoms. The fourth-order valence-electron chi connectivity index (χ4n) is 10.2. The molecule has 0 aliphatic heterocycles. The van der Waals surface area contributed by atoms with Crippen molar-refractivity contribution in [3.8, 4) is 0 Å². The highest BCUT2D eigenvalue weighted by atomic mass is 32.2. The van der Waals surface area contributed by atoms with Crippen molar-refractivity contribution in [2.75, 3.05) is 11.6 Å². The number of hydrogen-bond donors (Lipinski definition) is 5. The minimum atomic E-state index is -4.75. The van der Waals surface area contributed by atoms with Crippen LogP contribution in [-0.2, 0) is 14.9 Å². The van der Waals surface area contributed by atoms with Crippen LogP contribution in [0.4, 0.5) is 5.69 Å². The maximum atomic E-state index is 13.0. The van der Waals surface area contributed by atoms with E-state index >= 15 is 0 Å². The van der Waals surface area contributed by atoms with Crippen molar-refractivity contribution in [3.05, 3.63) is 40.8 Å². The molecule has 45 heavy (non-hydrogen) atoms. The number of aliphatic hydroxyl groups is 3. The summed E-state index contributed by atoms with van der Waals surface area (Å²) in [7, 11) is -4.75. The topological polar surface area (TPSA) is 196 Å². The van der Waals surface area contributed by atoms with Crippen LogP contribution in [0.3, 0.4) is 0 Å². The molecule has 4 saturated carbocycles. The summed E-state index contributed by atoms with van der Waals surface area (Å²) in [5, 5.41) is 38.8. The first-order valence-corrected chi connectivity index (χ1v) is 17.9. The molecular weight excluding hydrogens is 598 g/mol. The molecule has 0 radical (unpaired) electrons. The van der Waals surface area contributed by atoms with Crippen LogP contribution in [0.5, 0.6) is 0 Å². The summed E-state index contributed by atoms with van der Waals surface area (Å²) < 4.78 is 34.4. The summed E-state index contributed by atoms with van der Waals surface area (Å²) in [5.41, 5.74) is 8.88. The lowest BCUT2D eigenvalue weighted by Gasteiger charge is -2.63. The van der Waals surface area contributed by atoms with Crippen molar-refractivity contribution < 1.29 is 33.1 Å². The first-order chi connectivity index (χ1) is 21.2. The monoisotopic (exact) mass is 647 g/mol. The zero-order valence-corrected chi connectivity index (χ0v) is 27.3. The molecule has 1 aromatic rings. The highest BCUT2D eigenvalue weighted by Gasteiger charge is 2.65. The lowest BCUT2D eigenvalue weighted by molar-refractivity contribution is -0.207. The fourth-order valence-corrected chi connectivity index (χ4v) is 10.9. The Bertz CT molecular complexity index is 1380. The van der Waals surface area contributed by atoms with Gasteiger partial charge in [0.25, 0.3) is 0 Å². The van der Waals surface area contributed by atoms with E-state index in [0.29, 0.717) is 19.3 Å². The Balaban J connectivity index is 1.23.